The van der Waals surface area contributed by atoms with E-state index in [1.807, 2.05) is 0 Å². The van der Waals surface area contributed by atoms with Crippen LogP contribution >= 0.6 is 11.3 Å². The topological polar surface area (TPSA) is 76.5 Å². The van der Waals surface area contributed by atoms with Crippen molar-refractivity contribution in [3.8, 4) is 5.19 Å². The molecule has 2 aromatic heterocycles. The van der Waals surface area contributed by atoms with Crippen LogP contribution in [0.1, 0.15) is 53.2 Å². The number of carbonyl (C=O) groups is 1. The highest BCUT2D eigenvalue weighted by atomic mass is 32.1. The van der Waals surface area contributed by atoms with E-state index in [1.165, 1.54) is 22.0 Å². The highest BCUT2D eigenvalue weighted by molar-refractivity contribution is 7.13. The van der Waals surface area contributed by atoms with Crippen LogP contribution < -0.4 is 15.6 Å². The first-order valence-corrected chi connectivity index (χ1v) is 12.9. The Labute approximate surface area is 206 Å². The maximum Gasteiger partial charge on any atom is 0.422 e. The van der Waals surface area contributed by atoms with E-state index < -0.39 is 12.8 Å². The van der Waals surface area contributed by atoms with Gasteiger partial charge in [-0.1, -0.05) is 17.4 Å². The van der Waals surface area contributed by atoms with E-state index in [9.17, 15) is 22.8 Å². The summed E-state index contributed by atoms with van der Waals surface area (Å²) in [5.74, 6) is 0.410. The number of carbonyl (C=O) groups excluding carboxylic acids is 1. The van der Waals surface area contributed by atoms with Gasteiger partial charge in [-0.3, -0.25) is 9.59 Å². The number of hydrogen-bond acceptors (Lipinski definition) is 6. The number of nitrogens with one attached hydrogen (secondary N) is 1. The third kappa shape index (κ3) is 7.07. The standard InChI is InChI=1S/C24H31F3N4O3S/c1-30-19(3-2-4-21(30)32)22(33)28-17-7-5-16(6-8-17)9-12-31-13-10-18-20(11-14-31)35-23(29-18)34-15-24(25,26)27/h2-4,16-17H,5-15H2,1H3,(H,28,33). The number of ether oxygens (including phenoxy) is 1. The third-order valence-corrected chi connectivity index (χ3v) is 7.96. The number of amides is 1. The van der Waals surface area contributed by atoms with Gasteiger partial charge in [0, 0.05) is 43.5 Å². The van der Waals surface area contributed by atoms with Crippen molar-refractivity contribution in [2.75, 3.05) is 26.2 Å². The number of fused-ring (bicyclic) bond motifs is 1. The molecule has 0 atom stereocenters. The van der Waals surface area contributed by atoms with Gasteiger partial charge in [-0.05, 0) is 57.1 Å². The van der Waals surface area contributed by atoms with Crippen LogP contribution in [0.5, 0.6) is 5.19 Å². The summed E-state index contributed by atoms with van der Waals surface area (Å²) in [5, 5.41) is 3.19. The number of aromatic nitrogens is 2. The van der Waals surface area contributed by atoms with E-state index >= 15 is 0 Å². The summed E-state index contributed by atoms with van der Waals surface area (Å²) in [7, 11) is 1.60. The molecule has 0 aromatic carbocycles. The van der Waals surface area contributed by atoms with Crippen molar-refractivity contribution in [2.45, 2.75) is 57.2 Å². The van der Waals surface area contributed by atoms with Crippen LogP contribution in [0.4, 0.5) is 13.2 Å². The summed E-state index contributed by atoms with van der Waals surface area (Å²) in [5.41, 5.74) is 1.04. The van der Waals surface area contributed by atoms with Crippen LogP contribution in [0.2, 0.25) is 0 Å². The number of halogens is 3. The zero-order valence-corrected chi connectivity index (χ0v) is 20.6. The van der Waals surface area contributed by atoms with Gasteiger partial charge < -0.3 is 19.5 Å². The summed E-state index contributed by atoms with van der Waals surface area (Å²) < 4.78 is 43.3. The average Bonchev–Trinajstić information content (AvgIpc) is 3.12. The number of thiazole rings is 1. The molecule has 4 rings (SSSR count). The van der Waals surface area contributed by atoms with Gasteiger partial charge in [0.1, 0.15) is 5.69 Å². The molecule has 7 nitrogen and oxygen atoms in total. The molecule has 2 aromatic rings. The highest BCUT2D eigenvalue weighted by Gasteiger charge is 2.30. The van der Waals surface area contributed by atoms with Crippen LogP contribution in [-0.2, 0) is 19.9 Å². The minimum atomic E-state index is -4.35. The SMILES string of the molecule is Cn1c(C(=O)NC2CCC(CCN3CCc4nc(OCC(F)(F)F)sc4CC3)CC2)cccc1=O. The van der Waals surface area contributed by atoms with Gasteiger partial charge in [-0.25, -0.2) is 4.98 Å². The molecule has 3 heterocycles. The molecule has 1 saturated carbocycles. The molecule has 0 radical (unpaired) electrons. The zero-order chi connectivity index (χ0) is 25.0. The van der Waals surface area contributed by atoms with Gasteiger partial charge in [0.25, 0.3) is 16.7 Å². The molecule has 192 valence electrons. The van der Waals surface area contributed by atoms with Crippen molar-refractivity contribution in [3.63, 3.8) is 0 Å². The molecule has 0 saturated heterocycles. The fraction of sp³-hybridized carbons (Fsp3) is 0.625. The molecule has 11 heteroatoms. The Morgan fingerprint density at radius 3 is 2.69 bits per heavy atom. The van der Waals surface area contributed by atoms with E-state index in [0.29, 0.717) is 11.6 Å². The Morgan fingerprint density at radius 2 is 1.94 bits per heavy atom. The Bertz CT molecular complexity index is 1050. The van der Waals surface area contributed by atoms with E-state index in [0.717, 1.165) is 75.2 Å². The van der Waals surface area contributed by atoms with Crippen LogP contribution in [0.25, 0.3) is 0 Å². The molecule has 35 heavy (non-hydrogen) atoms. The molecular weight excluding hydrogens is 481 g/mol. The van der Waals surface area contributed by atoms with Gasteiger partial charge in [0.05, 0.1) is 5.69 Å². The summed E-state index contributed by atoms with van der Waals surface area (Å²) in [6, 6.07) is 4.83. The fourth-order valence-corrected chi connectivity index (χ4v) is 5.77. The molecule has 1 aliphatic carbocycles. The maximum atomic E-state index is 12.6. The Kier molecular flexibility index (Phi) is 8.16. The van der Waals surface area contributed by atoms with E-state index in [1.54, 1.807) is 19.2 Å². The lowest BCUT2D eigenvalue weighted by molar-refractivity contribution is -0.153. The number of hydrogen-bond donors (Lipinski definition) is 1. The van der Waals surface area contributed by atoms with Crippen LogP contribution in [0.15, 0.2) is 23.0 Å². The van der Waals surface area contributed by atoms with Gasteiger partial charge in [-0.15, -0.1) is 0 Å². The maximum absolute atomic E-state index is 12.6. The number of pyridine rings is 1. The molecule has 0 spiro atoms. The Morgan fingerprint density at radius 1 is 1.20 bits per heavy atom. The number of alkyl halides is 3. The van der Waals surface area contributed by atoms with Crippen molar-refractivity contribution in [2.24, 2.45) is 13.0 Å². The van der Waals surface area contributed by atoms with Crippen molar-refractivity contribution < 1.29 is 22.7 Å². The lowest BCUT2D eigenvalue weighted by atomic mass is 9.84. The second kappa shape index (κ2) is 11.1. The first-order chi connectivity index (χ1) is 16.7. The minimum Gasteiger partial charge on any atom is -0.460 e. The molecule has 1 fully saturated rings. The van der Waals surface area contributed by atoms with Crippen LogP contribution in [-0.4, -0.2) is 58.8 Å². The minimum absolute atomic E-state index is 0.110. The largest absolute Gasteiger partial charge is 0.460 e. The molecule has 1 amide bonds. The predicted molar refractivity (Wildman–Crippen MR) is 127 cm³/mol. The first-order valence-electron chi connectivity index (χ1n) is 12.1. The zero-order valence-electron chi connectivity index (χ0n) is 19.8. The number of nitrogens with zero attached hydrogens (tertiary/aromatic N) is 3. The Hall–Kier alpha value is -2.40. The molecule has 2 aliphatic rings. The van der Waals surface area contributed by atoms with E-state index in [2.05, 4.69) is 15.2 Å². The highest BCUT2D eigenvalue weighted by Crippen LogP contribution is 2.31. The summed E-state index contributed by atoms with van der Waals surface area (Å²) >= 11 is 1.23. The molecular formula is C24H31F3N4O3S. The van der Waals surface area contributed by atoms with Gasteiger partial charge in [0.2, 0.25) is 0 Å². The number of rotatable bonds is 7. The normalized spacial score (nSPS) is 21.3. The second-order valence-electron chi connectivity index (χ2n) is 9.38. The van der Waals surface area contributed by atoms with Gasteiger partial charge in [-0.2, -0.15) is 13.2 Å². The van der Waals surface area contributed by atoms with Crippen LogP contribution in [0, 0.1) is 5.92 Å². The lowest BCUT2D eigenvalue weighted by Crippen LogP contribution is -2.40. The summed E-state index contributed by atoms with van der Waals surface area (Å²) in [6.07, 6.45) is 2.22. The quantitative estimate of drug-likeness (QED) is 0.614. The summed E-state index contributed by atoms with van der Waals surface area (Å²) in [6.45, 7) is 1.40. The van der Waals surface area contributed by atoms with Gasteiger partial charge in [0.15, 0.2) is 6.61 Å². The second-order valence-corrected chi connectivity index (χ2v) is 10.4. The first kappa shape index (κ1) is 25.7. The summed E-state index contributed by atoms with van der Waals surface area (Å²) in [4.78, 5) is 32.0. The molecule has 0 unspecified atom stereocenters. The van der Waals surface area contributed by atoms with Crippen molar-refractivity contribution in [1.29, 1.82) is 0 Å². The third-order valence-electron chi connectivity index (χ3n) is 6.89. The van der Waals surface area contributed by atoms with Crippen molar-refractivity contribution in [1.82, 2.24) is 19.8 Å². The Balaban J connectivity index is 1.17. The van der Waals surface area contributed by atoms with Crippen molar-refractivity contribution >= 4 is 17.2 Å². The average molecular weight is 513 g/mol. The monoisotopic (exact) mass is 512 g/mol. The lowest BCUT2D eigenvalue weighted by Gasteiger charge is -2.31. The predicted octanol–water partition coefficient (Wildman–Crippen LogP) is 3.56. The molecule has 0 bridgehead atoms. The smallest absolute Gasteiger partial charge is 0.422 e. The van der Waals surface area contributed by atoms with E-state index in [-0.39, 0.29) is 22.7 Å². The van der Waals surface area contributed by atoms with Crippen LogP contribution in [0.3, 0.4) is 0 Å². The molecule has 1 aliphatic heterocycles. The fourth-order valence-electron chi connectivity index (χ4n) is 4.83. The molecule has 1 N–H and O–H groups in total. The van der Waals surface area contributed by atoms with E-state index in [4.69, 9.17) is 4.74 Å². The van der Waals surface area contributed by atoms with Crippen molar-refractivity contribution in [3.05, 3.63) is 44.8 Å². The van der Waals surface area contributed by atoms with Gasteiger partial charge >= 0.3 is 6.18 Å².